The van der Waals surface area contributed by atoms with Gasteiger partial charge in [0.15, 0.2) is 0 Å². The molecule has 100 valence electrons. The van der Waals surface area contributed by atoms with Gasteiger partial charge >= 0.3 is 0 Å². The van der Waals surface area contributed by atoms with Crippen LogP contribution >= 0.6 is 0 Å². The minimum Gasteiger partial charge on any atom is -0.308 e. The zero-order chi connectivity index (χ0) is 14.5. The van der Waals surface area contributed by atoms with Gasteiger partial charge in [0.2, 0.25) is 0 Å². The lowest BCUT2D eigenvalue weighted by Crippen LogP contribution is -2.04. The zero-order valence-electron chi connectivity index (χ0n) is 11.6. The van der Waals surface area contributed by atoms with E-state index >= 15 is 0 Å². The van der Waals surface area contributed by atoms with Crippen LogP contribution in [0.2, 0.25) is 0 Å². The van der Waals surface area contributed by atoms with Crippen molar-refractivity contribution in [2.24, 2.45) is 4.99 Å². The van der Waals surface area contributed by atoms with Crippen molar-refractivity contribution >= 4 is 17.8 Å². The molecule has 0 spiro atoms. The normalized spacial score (nSPS) is 11.2. The van der Waals surface area contributed by atoms with Gasteiger partial charge in [-0.3, -0.25) is 4.79 Å². The SMILES string of the molecule is C/C(=N\C(=O)c1ccccc1C)c1cccc(C=N)c1. The lowest BCUT2D eigenvalue weighted by molar-refractivity contribution is 0.100. The van der Waals surface area contributed by atoms with Crippen molar-refractivity contribution in [2.75, 3.05) is 0 Å². The number of benzene rings is 2. The third-order valence-electron chi connectivity index (χ3n) is 3.12. The van der Waals surface area contributed by atoms with Crippen molar-refractivity contribution < 1.29 is 4.79 Å². The number of nitrogens with zero attached hydrogens (tertiary/aromatic N) is 1. The molecular formula is C17H16N2O. The number of nitrogens with one attached hydrogen (secondary N) is 1. The van der Waals surface area contributed by atoms with Gasteiger partial charge in [0.25, 0.3) is 5.91 Å². The largest absolute Gasteiger partial charge is 0.308 e. The van der Waals surface area contributed by atoms with Gasteiger partial charge in [-0.15, -0.1) is 0 Å². The predicted octanol–water partition coefficient (Wildman–Crippen LogP) is 3.64. The van der Waals surface area contributed by atoms with Gasteiger partial charge in [-0.25, -0.2) is 4.99 Å². The molecule has 0 bridgehead atoms. The van der Waals surface area contributed by atoms with Crippen molar-refractivity contribution in [2.45, 2.75) is 13.8 Å². The van der Waals surface area contributed by atoms with Crippen molar-refractivity contribution in [1.82, 2.24) is 0 Å². The van der Waals surface area contributed by atoms with E-state index in [1.54, 1.807) is 13.0 Å². The molecule has 1 N–H and O–H groups in total. The van der Waals surface area contributed by atoms with Crippen LogP contribution in [0.4, 0.5) is 0 Å². The number of amides is 1. The van der Waals surface area contributed by atoms with E-state index in [4.69, 9.17) is 5.41 Å². The van der Waals surface area contributed by atoms with Gasteiger partial charge in [0.1, 0.15) is 0 Å². The summed E-state index contributed by atoms with van der Waals surface area (Å²) in [4.78, 5) is 16.3. The minimum atomic E-state index is -0.235. The highest BCUT2D eigenvalue weighted by molar-refractivity contribution is 6.10. The first kappa shape index (κ1) is 13.9. The highest BCUT2D eigenvalue weighted by atomic mass is 16.1. The van der Waals surface area contributed by atoms with E-state index in [9.17, 15) is 4.79 Å². The zero-order valence-corrected chi connectivity index (χ0v) is 11.6. The maximum Gasteiger partial charge on any atom is 0.277 e. The Labute approximate surface area is 118 Å². The minimum absolute atomic E-state index is 0.235. The van der Waals surface area contributed by atoms with E-state index in [1.807, 2.05) is 49.4 Å². The highest BCUT2D eigenvalue weighted by Crippen LogP contribution is 2.11. The Morgan fingerprint density at radius 1 is 1.15 bits per heavy atom. The summed E-state index contributed by atoms with van der Waals surface area (Å²) in [5.41, 5.74) is 3.84. The average molecular weight is 264 g/mol. The summed E-state index contributed by atoms with van der Waals surface area (Å²) in [7, 11) is 0. The van der Waals surface area contributed by atoms with Gasteiger partial charge in [0.05, 0.1) is 0 Å². The summed E-state index contributed by atoms with van der Waals surface area (Å²) < 4.78 is 0. The molecule has 0 aliphatic rings. The Kier molecular flexibility index (Phi) is 4.20. The number of aryl methyl sites for hydroxylation is 1. The molecule has 0 aliphatic carbocycles. The standard InChI is InChI=1S/C17H16N2O/c1-12-6-3-4-9-16(12)17(20)19-13(2)15-8-5-7-14(10-15)11-18/h3-11,18H,1-2H3/b18-11?,19-13+. The number of hydrogen-bond acceptors (Lipinski definition) is 2. The third kappa shape index (κ3) is 3.06. The van der Waals surface area contributed by atoms with E-state index in [1.165, 1.54) is 6.21 Å². The molecule has 0 heterocycles. The molecule has 0 aromatic heterocycles. The number of rotatable bonds is 3. The quantitative estimate of drug-likeness (QED) is 0.845. The van der Waals surface area contributed by atoms with Gasteiger partial charge in [-0.2, -0.15) is 0 Å². The predicted molar refractivity (Wildman–Crippen MR) is 82.0 cm³/mol. The molecule has 0 saturated heterocycles. The molecule has 0 aliphatic heterocycles. The maximum atomic E-state index is 12.2. The molecule has 0 fully saturated rings. The summed E-state index contributed by atoms with van der Waals surface area (Å²) in [5.74, 6) is -0.235. The molecule has 1 amide bonds. The van der Waals surface area contributed by atoms with Crippen LogP contribution in [-0.2, 0) is 0 Å². The van der Waals surface area contributed by atoms with Crippen LogP contribution in [0.1, 0.15) is 34.0 Å². The van der Waals surface area contributed by atoms with Crippen LogP contribution in [-0.4, -0.2) is 17.8 Å². The Bertz CT molecular complexity index is 687. The lowest BCUT2D eigenvalue weighted by Gasteiger charge is -2.04. The second kappa shape index (κ2) is 6.06. The Balaban J connectivity index is 2.32. The summed E-state index contributed by atoms with van der Waals surface area (Å²) in [6.07, 6.45) is 1.28. The second-order valence-corrected chi connectivity index (χ2v) is 4.59. The summed E-state index contributed by atoms with van der Waals surface area (Å²) >= 11 is 0. The van der Waals surface area contributed by atoms with Crippen molar-refractivity contribution in [3.63, 3.8) is 0 Å². The summed E-state index contributed by atoms with van der Waals surface area (Å²) in [6, 6.07) is 14.8. The Morgan fingerprint density at radius 2 is 1.90 bits per heavy atom. The molecule has 2 aromatic rings. The number of hydrogen-bond donors (Lipinski definition) is 1. The first-order chi connectivity index (χ1) is 9.61. The van der Waals surface area contributed by atoms with Gasteiger partial charge in [-0.1, -0.05) is 36.4 Å². The van der Waals surface area contributed by atoms with Crippen molar-refractivity contribution in [1.29, 1.82) is 5.41 Å². The van der Waals surface area contributed by atoms with Gasteiger partial charge < -0.3 is 5.41 Å². The van der Waals surface area contributed by atoms with Crippen LogP contribution < -0.4 is 0 Å². The molecule has 3 heteroatoms. The maximum absolute atomic E-state index is 12.2. The van der Waals surface area contributed by atoms with Gasteiger partial charge in [-0.05, 0) is 42.7 Å². The molecular weight excluding hydrogens is 248 g/mol. The topological polar surface area (TPSA) is 53.3 Å². The van der Waals surface area contributed by atoms with Crippen LogP contribution in [0.3, 0.4) is 0 Å². The van der Waals surface area contributed by atoms with E-state index in [2.05, 4.69) is 4.99 Å². The highest BCUT2D eigenvalue weighted by Gasteiger charge is 2.08. The van der Waals surface area contributed by atoms with Gasteiger partial charge in [0, 0.05) is 17.5 Å². The average Bonchev–Trinajstić information content (AvgIpc) is 2.47. The van der Waals surface area contributed by atoms with E-state index < -0.39 is 0 Å². The number of aliphatic imine (C=N–C) groups is 1. The molecule has 20 heavy (non-hydrogen) atoms. The summed E-state index contributed by atoms with van der Waals surface area (Å²) in [6.45, 7) is 3.70. The first-order valence-electron chi connectivity index (χ1n) is 6.38. The Morgan fingerprint density at radius 3 is 2.60 bits per heavy atom. The first-order valence-corrected chi connectivity index (χ1v) is 6.38. The van der Waals surface area contributed by atoms with Crippen LogP contribution in [0.5, 0.6) is 0 Å². The third-order valence-corrected chi connectivity index (χ3v) is 3.12. The lowest BCUT2D eigenvalue weighted by atomic mass is 10.1. The molecule has 3 nitrogen and oxygen atoms in total. The van der Waals surface area contributed by atoms with E-state index in [0.717, 1.165) is 16.7 Å². The smallest absolute Gasteiger partial charge is 0.277 e. The molecule has 0 radical (unpaired) electrons. The second-order valence-electron chi connectivity index (χ2n) is 4.59. The molecule has 0 saturated carbocycles. The fraction of sp³-hybridized carbons (Fsp3) is 0.118. The van der Waals surface area contributed by atoms with Crippen molar-refractivity contribution in [3.05, 3.63) is 70.8 Å². The van der Waals surface area contributed by atoms with Crippen molar-refractivity contribution in [3.8, 4) is 0 Å². The van der Waals surface area contributed by atoms with Crippen LogP contribution in [0.25, 0.3) is 0 Å². The van der Waals surface area contributed by atoms with Crippen LogP contribution in [0.15, 0.2) is 53.5 Å². The fourth-order valence-electron chi connectivity index (χ4n) is 1.94. The van der Waals surface area contributed by atoms with E-state index in [-0.39, 0.29) is 5.91 Å². The van der Waals surface area contributed by atoms with Crippen LogP contribution in [0, 0.1) is 12.3 Å². The molecule has 2 rings (SSSR count). The summed E-state index contributed by atoms with van der Waals surface area (Å²) in [5, 5.41) is 7.25. The number of carbonyl (C=O) groups excluding carboxylic acids is 1. The molecule has 0 unspecified atom stereocenters. The number of carbonyl (C=O) groups is 1. The molecule has 2 aromatic carbocycles. The molecule has 0 atom stereocenters. The monoisotopic (exact) mass is 264 g/mol. The fourth-order valence-corrected chi connectivity index (χ4v) is 1.94. The van der Waals surface area contributed by atoms with E-state index in [0.29, 0.717) is 11.3 Å². The Hall–Kier alpha value is -2.55.